The summed E-state index contributed by atoms with van der Waals surface area (Å²) in [7, 11) is 0. The monoisotopic (exact) mass is 415 g/mol. The molecule has 0 aromatic carbocycles. The van der Waals surface area contributed by atoms with E-state index < -0.39 is 11.3 Å². The average Bonchev–Trinajstić information content (AvgIpc) is 3.11. The van der Waals surface area contributed by atoms with Crippen molar-refractivity contribution in [2.45, 2.75) is 58.5 Å². The number of pyridine rings is 1. The molecule has 2 amide bonds. The number of carbonyl (C=O) groups excluding carboxylic acids is 2. The van der Waals surface area contributed by atoms with Gasteiger partial charge < -0.3 is 14.8 Å². The molecular weight excluding hydrogens is 386 g/mol. The minimum absolute atomic E-state index is 0.0301. The molecule has 1 N–H and O–H groups in total. The standard InChI is InChI=1S/C22H29N3O3S/c1-3-16(2)25-14-18(21(27)23-13-17-9-8-12-29-17)20(26)19(15-25)22(28)24-10-6-4-5-7-11-24/h8-9,12,14-16H,3-7,10-11,13H2,1-2H3,(H,23,27)/t16-/m1/s1. The lowest BCUT2D eigenvalue weighted by Crippen LogP contribution is -2.38. The number of hydrogen-bond donors (Lipinski definition) is 1. The number of thiophene rings is 1. The second kappa shape index (κ2) is 9.87. The molecule has 1 saturated heterocycles. The minimum Gasteiger partial charge on any atom is -0.350 e. The zero-order valence-electron chi connectivity index (χ0n) is 17.1. The Morgan fingerprint density at radius 1 is 1.14 bits per heavy atom. The molecule has 0 unspecified atom stereocenters. The Bertz CT molecular complexity index is 897. The summed E-state index contributed by atoms with van der Waals surface area (Å²) in [4.78, 5) is 41.8. The number of aromatic nitrogens is 1. The molecule has 29 heavy (non-hydrogen) atoms. The SMILES string of the molecule is CC[C@@H](C)n1cc(C(=O)NCc2cccs2)c(=O)c(C(=O)N2CCCCCC2)c1. The molecule has 0 saturated carbocycles. The summed E-state index contributed by atoms with van der Waals surface area (Å²) in [5.74, 6) is -0.701. The van der Waals surface area contributed by atoms with Gasteiger partial charge in [-0.15, -0.1) is 11.3 Å². The van der Waals surface area contributed by atoms with Crippen molar-refractivity contribution in [3.05, 3.63) is 56.1 Å². The Morgan fingerprint density at radius 2 is 1.83 bits per heavy atom. The first kappa shape index (κ1) is 21.3. The van der Waals surface area contributed by atoms with Gasteiger partial charge in [0.2, 0.25) is 5.43 Å². The van der Waals surface area contributed by atoms with Gasteiger partial charge in [-0.1, -0.05) is 25.8 Å². The smallest absolute Gasteiger partial charge is 0.259 e. The van der Waals surface area contributed by atoms with Crippen LogP contribution < -0.4 is 10.7 Å². The van der Waals surface area contributed by atoms with Crippen molar-refractivity contribution in [1.29, 1.82) is 0 Å². The van der Waals surface area contributed by atoms with Crippen molar-refractivity contribution in [2.24, 2.45) is 0 Å². The molecule has 2 aromatic heterocycles. The third-order valence-electron chi connectivity index (χ3n) is 5.52. The lowest BCUT2D eigenvalue weighted by atomic mass is 10.1. The lowest BCUT2D eigenvalue weighted by molar-refractivity contribution is 0.0759. The first-order chi connectivity index (χ1) is 14.0. The van der Waals surface area contributed by atoms with Crippen molar-refractivity contribution < 1.29 is 9.59 Å². The highest BCUT2D eigenvalue weighted by Gasteiger charge is 2.24. The van der Waals surface area contributed by atoms with E-state index in [9.17, 15) is 14.4 Å². The maximum Gasteiger partial charge on any atom is 0.259 e. The molecule has 1 aliphatic rings. The van der Waals surface area contributed by atoms with Crippen LogP contribution in [0.2, 0.25) is 0 Å². The van der Waals surface area contributed by atoms with Crippen LogP contribution in [-0.2, 0) is 6.54 Å². The summed E-state index contributed by atoms with van der Waals surface area (Å²) >= 11 is 1.55. The summed E-state index contributed by atoms with van der Waals surface area (Å²) in [6.45, 7) is 5.74. The van der Waals surface area contributed by atoms with Gasteiger partial charge in [0.25, 0.3) is 11.8 Å². The molecule has 1 fully saturated rings. The van der Waals surface area contributed by atoms with Crippen LogP contribution in [0.3, 0.4) is 0 Å². The molecule has 7 heteroatoms. The fourth-order valence-electron chi connectivity index (χ4n) is 3.50. The van der Waals surface area contributed by atoms with E-state index >= 15 is 0 Å². The van der Waals surface area contributed by atoms with Crippen LogP contribution in [0.4, 0.5) is 0 Å². The molecule has 3 rings (SSSR count). The molecule has 156 valence electrons. The number of rotatable bonds is 6. The summed E-state index contributed by atoms with van der Waals surface area (Å²) in [6, 6.07) is 3.93. The summed E-state index contributed by atoms with van der Waals surface area (Å²) in [6.07, 6.45) is 8.15. The van der Waals surface area contributed by atoms with Crippen LogP contribution in [-0.4, -0.2) is 34.4 Å². The molecule has 0 spiro atoms. The Hall–Kier alpha value is -2.41. The van der Waals surface area contributed by atoms with Gasteiger partial charge in [-0.05, 0) is 37.6 Å². The molecule has 0 radical (unpaired) electrons. The van der Waals surface area contributed by atoms with Crippen molar-refractivity contribution in [3.63, 3.8) is 0 Å². The van der Waals surface area contributed by atoms with E-state index in [0.717, 1.165) is 37.0 Å². The van der Waals surface area contributed by atoms with Gasteiger partial charge in [0, 0.05) is 36.4 Å². The van der Waals surface area contributed by atoms with Crippen LogP contribution in [0.5, 0.6) is 0 Å². The maximum absolute atomic E-state index is 13.1. The highest BCUT2D eigenvalue weighted by molar-refractivity contribution is 7.09. The van der Waals surface area contributed by atoms with E-state index in [-0.39, 0.29) is 23.1 Å². The molecular formula is C22H29N3O3S. The predicted octanol–water partition coefficient (Wildman–Crippen LogP) is 3.83. The summed E-state index contributed by atoms with van der Waals surface area (Å²) < 4.78 is 1.83. The van der Waals surface area contributed by atoms with E-state index in [0.29, 0.717) is 19.6 Å². The average molecular weight is 416 g/mol. The second-order valence-electron chi connectivity index (χ2n) is 7.59. The van der Waals surface area contributed by atoms with E-state index in [2.05, 4.69) is 5.32 Å². The number of likely N-dealkylation sites (tertiary alicyclic amines) is 1. The van der Waals surface area contributed by atoms with Gasteiger partial charge in [0.1, 0.15) is 11.1 Å². The Labute approximate surface area is 175 Å². The third kappa shape index (κ3) is 5.15. The normalized spacial score (nSPS) is 15.6. The van der Waals surface area contributed by atoms with Crippen molar-refractivity contribution in [1.82, 2.24) is 14.8 Å². The van der Waals surface area contributed by atoms with E-state index in [1.54, 1.807) is 28.6 Å². The quantitative estimate of drug-likeness (QED) is 0.779. The van der Waals surface area contributed by atoms with Crippen LogP contribution in [0.1, 0.15) is 77.6 Å². The predicted molar refractivity (Wildman–Crippen MR) is 116 cm³/mol. The van der Waals surface area contributed by atoms with Crippen LogP contribution in [0, 0.1) is 0 Å². The molecule has 2 aromatic rings. The topological polar surface area (TPSA) is 71.4 Å². The fourth-order valence-corrected chi connectivity index (χ4v) is 4.14. The number of hydrogen-bond acceptors (Lipinski definition) is 4. The molecule has 1 aliphatic heterocycles. The number of amides is 2. The zero-order valence-corrected chi connectivity index (χ0v) is 18.0. The van der Waals surface area contributed by atoms with Crippen LogP contribution in [0.25, 0.3) is 0 Å². The van der Waals surface area contributed by atoms with Gasteiger partial charge in [-0.25, -0.2) is 0 Å². The van der Waals surface area contributed by atoms with Crippen molar-refractivity contribution in [2.75, 3.05) is 13.1 Å². The van der Waals surface area contributed by atoms with Gasteiger partial charge in [0.05, 0.1) is 6.54 Å². The van der Waals surface area contributed by atoms with Crippen molar-refractivity contribution >= 4 is 23.2 Å². The largest absolute Gasteiger partial charge is 0.350 e. The number of carbonyl (C=O) groups is 2. The molecule has 6 nitrogen and oxygen atoms in total. The maximum atomic E-state index is 13.1. The van der Waals surface area contributed by atoms with Crippen LogP contribution in [0.15, 0.2) is 34.7 Å². The summed E-state index contributed by atoms with van der Waals surface area (Å²) in [5, 5.41) is 4.76. The van der Waals surface area contributed by atoms with Gasteiger partial charge in [-0.2, -0.15) is 0 Å². The third-order valence-corrected chi connectivity index (χ3v) is 6.39. The van der Waals surface area contributed by atoms with Gasteiger partial charge in [0.15, 0.2) is 0 Å². The minimum atomic E-state index is -0.484. The van der Waals surface area contributed by atoms with E-state index in [1.807, 2.05) is 35.9 Å². The lowest BCUT2D eigenvalue weighted by Gasteiger charge is -2.22. The number of nitrogens with zero attached hydrogens (tertiary/aromatic N) is 2. The van der Waals surface area contributed by atoms with Crippen LogP contribution >= 0.6 is 11.3 Å². The van der Waals surface area contributed by atoms with E-state index in [1.165, 1.54) is 0 Å². The highest BCUT2D eigenvalue weighted by atomic mass is 32.1. The van der Waals surface area contributed by atoms with Gasteiger partial charge >= 0.3 is 0 Å². The molecule has 0 bridgehead atoms. The molecule has 1 atom stereocenters. The second-order valence-corrected chi connectivity index (χ2v) is 8.62. The van der Waals surface area contributed by atoms with E-state index in [4.69, 9.17) is 0 Å². The number of nitrogens with one attached hydrogen (secondary N) is 1. The zero-order chi connectivity index (χ0) is 20.8. The Kier molecular flexibility index (Phi) is 7.25. The first-order valence-corrected chi connectivity index (χ1v) is 11.2. The molecule has 0 aliphatic carbocycles. The summed E-state index contributed by atoms with van der Waals surface area (Å²) in [5.41, 5.74) is -0.360. The Balaban J connectivity index is 1.92. The first-order valence-electron chi connectivity index (χ1n) is 10.4. The van der Waals surface area contributed by atoms with Gasteiger partial charge in [-0.3, -0.25) is 14.4 Å². The highest BCUT2D eigenvalue weighted by Crippen LogP contribution is 2.16. The molecule has 3 heterocycles. The Morgan fingerprint density at radius 3 is 2.45 bits per heavy atom. The van der Waals surface area contributed by atoms with Crippen molar-refractivity contribution in [3.8, 4) is 0 Å². The fraction of sp³-hybridized carbons (Fsp3) is 0.500.